The molecule has 0 aromatic heterocycles. The molecule has 2 N–H and O–H groups in total. The third kappa shape index (κ3) is 2.77. The second kappa shape index (κ2) is 6.10. The minimum atomic E-state index is 0.200. The van der Waals surface area contributed by atoms with E-state index in [9.17, 15) is 5.11 Å². The van der Waals surface area contributed by atoms with Gasteiger partial charge in [0, 0.05) is 42.8 Å². The van der Waals surface area contributed by atoms with Crippen molar-refractivity contribution in [1.82, 2.24) is 10.2 Å². The van der Waals surface area contributed by atoms with Gasteiger partial charge in [0.05, 0.1) is 5.02 Å². The first-order valence-corrected chi connectivity index (χ1v) is 8.05. The Hall–Kier alpha value is -0.480. The summed E-state index contributed by atoms with van der Waals surface area (Å²) < 4.78 is 0. The number of hydrogen-bond donors (Lipinski definition) is 2. The number of aromatic hydroxyl groups is 1. The van der Waals surface area contributed by atoms with E-state index in [1.807, 2.05) is 6.07 Å². The molecular weight excluding hydrogens is 295 g/mol. The van der Waals surface area contributed by atoms with Gasteiger partial charge in [-0.2, -0.15) is 0 Å². The lowest BCUT2D eigenvalue weighted by Crippen LogP contribution is -2.47. The van der Waals surface area contributed by atoms with Gasteiger partial charge in [0.2, 0.25) is 0 Å². The zero-order valence-electron chi connectivity index (χ0n) is 11.4. The lowest BCUT2D eigenvalue weighted by atomic mass is 9.76. The van der Waals surface area contributed by atoms with Gasteiger partial charge in [-0.25, -0.2) is 0 Å². The molecule has 0 bridgehead atoms. The van der Waals surface area contributed by atoms with E-state index >= 15 is 0 Å². The Morgan fingerprint density at radius 2 is 1.90 bits per heavy atom. The number of rotatable bonds is 3. The van der Waals surface area contributed by atoms with E-state index in [0.29, 0.717) is 16.0 Å². The summed E-state index contributed by atoms with van der Waals surface area (Å²) in [6, 6.07) is 3.73. The molecule has 0 amide bonds. The highest BCUT2D eigenvalue weighted by molar-refractivity contribution is 6.35. The van der Waals surface area contributed by atoms with Crippen molar-refractivity contribution in [3.63, 3.8) is 0 Å². The van der Waals surface area contributed by atoms with E-state index in [0.717, 1.165) is 31.7 Å². The van der Waals surface area contributed by atoms with Crippen molar-refractivity contribution in [1.29, 1.82) is 0 Å². The molecule has 3 rings (SSSR count). The molecular formula is C15H20Cl2N2O. The smallest absolute Gasteiger partial charge is 0.139 e. The molecule has 3 nitrogen and oxygen atoms in total. The fourth-order valence-corrected chi connectivity index (χ4v) is 3.79. The van der Waals surface area contributed by atoms with E-state index < -0.39 is 0 Å². The number of phenolic OH excluding ortho intramolecular Hbond substituents is 1. The summed E-state index contributed by atoms with van der Waals surface area (Å²) in [6.45, 7) is 4.01. The summed E-state index contributed by atoms with van der Waals surface area (Å²) in [7, 11) is 0. The molecule has 1 atom stereocenters. The summed E-state index contributed by atoms with van der Waals surface area (Å²) in [5.41, 5.74) is 0.897. The molecule has 1 saturated heterocycles. The van der Waals surface area contributed by atoms with Crippen molar-refractivity contribution in [2.75, 3.05) is 26.2 Å². The average molecular weight is 315 g/mol. The van der Waals surface area contributed by atoms with E-state index in [2.05, 4.69) is 10.2 Å². The Labute approximate surface area is 129 Å². The Balaban J connectivity index is 1.96. The summed E-state index contributed by atoms with van der Waals surface area (Å²) in [5.74, 6) is 0.806. The van der Waals surface area contributed by atoms with Crippen molar-refractivity contribution in [2.24, 2.45) is 5.92 Å². The monoisotopic (exact) mass is 314 g/mol. The van der Waals surface area contributed by atoms with Gasteiger partial charge in [-0.15, -0.1) is 0 Å². The molecule has 1 aliphatic heterocycles. The van der Waals surface area contributed by atoms with Crippen LogP contribution in [0.3, 0.4) is 0 Å². The quantitative estimate of drug-likeness (QED) is 0.897. The van der Waals surface area contributed by atoms with Gasteiger partial charge in [0.25, 0.3) is 0 Å². The Morgan fingerprint density at radius 3 is 2.50 bits per heavy atom. The highest BCUT2D eigenvalue weighted by atomic mass is 35.5. The standard InChI is InChI=1S/C15H20Cl2N2O/c16-11-8-12(15(20)13(17)9-11)14(10-2-1-3-10)19-6-4-18-5-7-19/h8-10,14,18,20H,1-7H2/t14-/m0/s1. The van der Waals surface area contributed by atoms with Crippen LogP contribution in [0, 0.1) is 5.92 Å². The van der Waals surface area contributed by atoms with Crippen molar-refractivity contribution >= 4 is 23.2 Å². The summed E-state index contributed by atoms with van der Waals surface area (Å²) in [5, 5.41) is 14.7. The largest absolute Gasteiger partial charge is 0.506 e. The van der Waals surface area contributed by atoms with Crippen LogP contribution >= 0.6 is 23.2 Å². The summed E-state index contributed by atoms with van der Waals surface area (Å²) >= 11 is 12.2. The number of nitrogens with one attached hydrogen (secondary N) is 1. The molecule has 5 heteroatoms. The molecule has 0 unspecified atom stereocenters. The molecule has 1 aromatic rings. The van der Waals surface area contributed by atoms with E-state index in [1.54, 1.807) is 6.07 Å². The van der Waals surface area contributed by atoms with Crippen LogP contribution in [0.5, 0.6) is 5.75 Å². The number of phenols is 1. The molecule has 2 aliphatic rings. The molecule has 2 fully saturated rings. The van der Waals surface area contributed by atoms with Crippen molar-refractivity contribution in [3.8, 4) is 5.75 Å². The lowest BCUT2D eigenvalue weighted by molar-refractivity contribution is 0.0819. The highest BCUT2D eigenvalue weighted by Crippen LogP contribution is 2.46. The normalized spacial score (nSPS) is 22.5. The van der Waals surface area contributed by atoms with Crippen molar-refractivity contribution in [3.05, 3.63) is 27.7 Å². The SMILES string of the molecule is Oc1c(Cl)cc(Cl)cc1[C@H](C1CCC1)N1CCNCC1. The highest BCUT2D eigenvalue weighted by Gasteiger charge is 2.35. The maximum absolute atomic E-state index is 10.4. The first-order chi connectivity index (χ1) is 9.66. The fourth-order valence-electron chi connectivity index (χ4n) is 3.28. The maximum Gasteiger partial charge on any atom is 0.139 e. The predicted molar refractivity (Wildman–Crippen MR) is 82.7 cm³/mol. The second-order valence-electron chi connectivity index (χ2n) is 5.75. The van der Waals surface area contributed by atoms with E-state index in [1.165, 1.54) is 19.3 Å². The number of halogens is 2. The van der Waals surface area contributed by atoms with Crippen LogP contribution in [-0.2, 0) is 0 Å². The minimum Gasteiger partial charge on any atom is -0.506 e. The van der Waals surface area contributed by atoms with Gasteiger partial charge >= 0.3 is 0 Å². The molecule has 0 spiro atoms. The van der Waals surface area contributed by atoms with Crippen LogP contribution in [0.4, 0.5) is 0 Å². The number of benzene rings is 1. The van der Waals surface area contributed by atoms with Gasteiger partial charge in [-0.05, 0) is 30.9 Å². The Kier molecular flexibility index (Phi) is 4.41. The minimum absolute atomic E-state index is 0.200. The van der Waals surface area contributed by atoms with Crippen LogP contribution in [0.15, 0.2) is 12.1 Å². The van der Waals surface area contributed by atoms with E-state index in [-0.39, 0.29) is 11.8 Å². The summed E-state index contributed by atoms with van der Waals surface area (Å²) in [6.07, 6.45) is 3.72. The van der Waals surface area contributed by atoms with Gasteiger partial charge < -0.3 is 10.4 Å². The van der Waals surface area contributed by atoms with Gasteiger partial charge in [-0.1, -0.05) is 29.6 Å². The topological polar surface area (TPSA) is 35.5 Å². The zero-order chi connectivity index (χ0) is 14.1. The second-order valence-corrected chi connectivity index (χ2v) is 6.59. The molecule has 20 heavy (non-hydrogen) atoms. The summed E-state index contributed by atoms with van der Waals surface area (Å²) in [4.78, 5) is 2.46. The first-order valence-electron chi connectivity index (χ1n) is 7.29. The Morgan fingerprint density at radius 1 is 1.20 bits per heavy atom. The third-order valence-electron chi connectivity index (χ3n) is 4.52. The van der Waals surface area contributed by atoms with Crippen LogP contribution in [-0.4, -0.2) is 36.2 Å². The van der Waals surface area contributed by atoms with Gasteiger partial charge in [-0.3, -0.25) is 4.90 Å². The average Bonchev–Trinajstić information content (AvgIpc) is 2.39. The van der Waals surface area contributed by atoms with Gasteiger partial charge in [0.1, 0.15) is 5.75 Å². The van der Waals surface area contributed by atoms with Crippen LogP contribution in [0.2, 0.25) is 10.0 Å². The molecule has 1 saturated carbocycles. The van der Waals surface area contributed by atoms with Gasteiger partial charge in [0.15, 0.2) is 0 Å². The zero-order valence-corrected chi connectivity index (χ0v) is 12.9. The molecule has 110 valence electrons. The molecule has 1 aliphatic carbocycles. The van der Waals surface area contributed by atoms with E-state index in [4.69, 9.17) is 23.2 Å². The molecule has 1 heterocycles. The number of piperazine rings is 1. The van der Waals surface area contributed by atoms with Crippen LogP contribution in [0.1, 0.15) is 30.9 Å². The van der Waals surface area contributed by atoms with Crippen molar-refractivity contribution in [2.45, 2.75) is 25.3 Å². The predicted octanol–water partition coefficient (Wildman–Crippen LogP) is 3.45. The van der Waals surface area contributed by atoms with Crippen LogP contribution in [0.25, 0.3) is 0 Å². The first kappa shape index (κ1) is 14.5. The lowest BCUT2D eigenvalue weighted by Gasteiger charge is -2.43. The third-order valence-corrected chi connectivity index (χ3v) is 5.02. The number of nitrogens with zero attached hydrogens (tertiary/aromatic N) is 1. The van der Waals surface area contributed by atoms with Crippen molar-refractivity contribution < 1.29 is 5.11 Å². The fraction of sp³-hybridized carbons (Fsp3) is 0.600. The molecule has 0 radical (unpaired) electrons. The Bertz CT molecular complexity index is 485. The van der Waals surface area contributed by atoms with Crippen LogP contribution < -0.4 is 5.32 Å². The number of hydrogen-bond acceptors (Lipinski definition) is 3. The molecule has 1 aromatic carbocycles. The maximum atomic E-state index is 10.4.